The van der Waals surface area contributed by atoms with Crippen molar-refractivity contribution >= 4 is 17.6 Å². The van der Waals surface area contributed by atoms with E-state index < -0.39 is 0 Å². The van der Waals surface area contributed by atoms with Crippen molar-refractivity contribution in [2.24, 2.45) is 0 Å². The van der Waals surface area contributed by atoms with Crippen LogP contribution in [0.3, 0.4) is 0 Å². The lowest BCUT2D eigenvalue weighted by molar-refractivity contribution is 0.692. The predicted octanol–water partition coefficient (Wildman–Crippen LogP) is 3.84. The molecule has 3 nitrogen and oxygen atoms in total. The van der Waals surface area contributed by atoms with Crippen LogP contribution in [0.1, 0.15) is 25.5 Å². The monoisotopic (exact) mass is 289 g/mol. The number of imidazole rings is 1. The first-order valence-corrected chi connectivity index (χ1v) is 8.56. The van der Waals surface area contributed by atoms with Crippen LogP contribution in [0.2, 0.25) is 0 Å². The van der Waals surface area contributed by atoms with Gasteiger partial charge in [-0.05, 0) is 31.3 Å². The van der Waals surface area contributed by atoms with E-state index in [2.05, 4.69) is 29.9 Å². The average molecular weight is 289 g/mol. The van der Waals surface area contributed by atoms with Gasteiger partial charge < -0.3 is 10.3 Å². The lowest BCUT2D eigenvalue weighted by Crippen LogP contribution is -2.05. The molecule has 2 N–H and O–H groups in total. The summed E-state index contributed by atoms with van der Waals surface area (Å²) in [6.07, 6.45) is 5.28. The highest BCUT2D eigenvalue weighted by Gasteiger charge is 2.15. The first-order valence-electron chi connectivity index (χ1n) is 7.17. The van der Waals surface area contributed by atoms with Gasteiger partial charge in [-0.3, -0.25) is 0 Å². The maximum Gasteiger partial charge on any atom is 0.141 e. The van der Waals surface area contributed by atoms with E-state index in [1.807, 2.05) is 30.0 Å². The number of thioether (sulfide) groups is 1. The second-order valence-corrected chi connectivity index (χ2v) is 5.87. The van der Waals surface area contributed by atoms with E-state index in [1.165, 1.54) is 0 Å². The zero-order valence-electron chi connectivity index (χ0n) is 12.3. The Labute approximate surface area is 125 Å². The van der Waals surface area contributed by atoms with Crippen LogP contribution < -0.4 is 5.73 Å². The quantitative estimate of drug-likeness (QED) is 0.788. The lowest BCUT2D eigenvalue weighted by Gasteiger charge is -2.08. The van der Waals surface area contributed by atoms with Gasteiger partial charge in [0.15, 0.2) is 0 Å². The van der Waals surface area contributed by atoms with Crippen LogP contribution in [0.15, 0.2) is 30.3 Å². The van der Waals surface area contributed by atoms with Crippen LogP contribution in [-0.2, 0) is 13.0 Å². The summed E-state index contributed by atoms with van der Waals surface area (Å²) in [5.41, 5.74) is 8.49. The molecule has 0 bridgehead atoms. The summed E-state index contributed by atoms with van der Waals surface area (Å²) in [5, 5.41) is 0. The van der Waals surface area contributed by atoms with Crippen LogP contribution in [0, 0.1) is 0 Å². The fourth-order valence-electron chi connectivity index (χ4n) is 2.34. The molecule has 0 saturated heterocycles. The Morgan fingerprint density at radius 1 is 1.25 bits per heavy atom. The third kappa shape index (κ3) is 3.37. The molecule has 20 heavy (non-hydrogen) atoms. The van der Waals surface area contributed by atoms with E-state index in [0.717, 1.165) is 54.5 Å². The van der Waals surface area contributed by atoms with Gasteiger partial charge in [0.25, 0.3) is 0 Å². The summed E-state index contributed by atoms with van der Waals surface area (Å²) in [5.74, 6) is 3.00. The number of nitrogens with two attached hydrogens (primary N) is 1. The predicted molar refractivity (Wildman–Crippen MR) is 89.1 cm³/mol. The summed E-state index contributed by atoms with van der Waals surface area (Å²) in [4.78, 5) is 4.80. The van der Waals surface area contributed by atoms with Gasteiger partial charge in [0.2, 0.25) is 0 Å². The van der Waals surface area contributed by atoms with E-state index in [-0.39, 0.29) is 0 Å². The van der Waals surface area contributed by atoms with E-state index in [4.69, 9.17) is 10.7 Å². The van der Waals surface area contributed by atoms with Gasteiger partial charge in [0.05, 0.1) is 5.69 Å². The molecular formula is C16H23N3S. The third-order valence-electron chi connectivity index (χ3n) is 3.32. The molecule has 1 aromatic carbocycles. The number of nitrogens with zero attached hydrogens (tertiary/aromatic N) is 2. The Morgan fingerprint density at radius 2 is 2.00 bits per heavy atom. The SMILES string of the molecule is CCCn1c(-c2ccccc2)nc(CCCSC)c1N. The molecule has 0 saturated carbocycles. The van der Waals surface area contributed by atoms with Gasteiger partial charge in [0, 0.05) is 12.1 Å². The van der Waals surface area contributed by atoms with E-state index in [9.17, 15) is 0 Å². The molecular weight excluding hydrogens is 266 g/mol. The minimum atomic E-state index is 0.840. The highest BCUT2D eigenvalue weighted by molar-refractivity contribution is 7.98. The lowest BCUT2D eigenvalue weighted by atomic mass is 10.2. The zero-order valence-corrected chi connectivity index (χ0v) is 13.1. The number of nitrogen functional groups attached to an aromatic ring is 1. The molecule has 4 heteroatoms. The number of hydrogen-bond donors (Lipinski definition) is 1. The number of aromatic nitrogens is 2. The first kappa shape index (κ1) is 15.0. The summed E-state index contributed by atoms with van der Waals surface area (Å²) in [6, 6.07) is 10.3. The van der Waals surface area contributed by atoms with Crippen molar-refractivity contribution in [2.45, 2.75) is 32.7 Å². The van der Waals surface area contributed by atoms with E-state index >= 15 is 0 Å². The Balaban J connectivity index is 2.32. The van der Waals surface area contributed by atoms with Crippen molar-refractivity contribution < 1.29 is 0 Å². The average Bonchev–Trinajstić information content (AvgIpc) is 2.78. The van der Waals surface area contributed by atoms with Crippen LogP contribution in [0.4, 0.5) is 5.82 Å². The first-order chi connectivity index (χ1) is 9.77. The number of hydrogen-bond acceptors (Lipinski definition) is 3. The maximum atomic E-state index is 6.30. The minimum absolute atomic E-state index is 0.840. The molecule has 0 unspecified atom stereocenters. The van der Waals surface area contributed by atoms with Crippen molar-refractivity contribution in [1.29, 1.82) is 0 Å². The number of benzene rings is 1. The fourth-order valence-corrected chi connectivity index (χ4v) is 2.77. The van der Waals surface area contributed by atoms with Crippen molar-refractivity contribution in [3.8, 4) is 11.4 Å². The van der Waals surface area contributed by atoms with Crippen molar-refractivity contribution in [3.05, 3.63) is 36.0 Å². The Bertz CT molecular complexity index is 534. The van der Waals surface area contributed by atoms with Crippen LogP contribution in [-0.4, -0.2) is 21.6 Å². The molecule has 0 aliphatic heterocycles. The van der Waals surface area contributed by atoms with Crippen LogP contribution in [0.25, 0.3) is 11.4 Å². The fraction of sp³-hybridized carbons (Fsp3) is 0.438. The van der Waals surface area contributed by atoms with Crippen molar-refractivity contribution in [1.82, 2.24) is 9.55 Å². The molecule has 0 fully saturated rings. The topological polar surface area (TPSA) is 43.8 Å². The van der Waals surface area contributed by atoms with Gasteiger partial charge in [-0.2, -0.15) is 11.8 Å². The number of anilines is 1. The molecule has 0 radical (unpaired) electrons. The highest BCUT2D eigenvalue weighted by Crippen LogP contribution is 2.25. The maximum absolute atomic E-state index is 6.30. The molecule has 0 aliphatic rings. The van der Waals surface area contributed by atoms with Gasteiger partial charge in [-0.1, -0.05) is 37.3 Å². The summed E-state index contributed by atoms with van der Waals surface area (Å²) < 4.78 is 2.16. The van der Waals surface area contributed by atoms with E-state index in [0.29, 0.717) is 0 Å². The summed E-state index contributed by atoms with van der Waals surface area (Å²) >= 11 is 1.87. The molecule has 0 aliphatic carbocycles. The normalized spacial score (nSPS) is 10.9. The molecule has 0 spiro atoms. The van der Waals surface area contributed by atoms with Gasteiger partial charge >= 0.3 is 0 Å². The standard InChI is InChI=1S/C16H23N3S/c1-3-11-19-15(17)14(10-7-12-20-2)18-16(19)13-8-5-4-6-9-13/h4-6,8-9H,3,7,10-12,17H2,1-2H3. The number of rotatable bonds is 7. The van der Waals surface area contributed by atoms with E-state index in [1.54, 1.807) is 0 Å². The van der Waals surface area contributed by atoms with Gasteiger partial charge in [0.1, 0.15) is 11.6 Å². The van der Waals surface area contributed by atoms with Gasteiger partial charge in [-0.25, -0.2) is 4.98 Å². The summed E-state index contributed by atoms with van der Waals surface area (Å²) in [6.45, 7) is 3.09. The summed E-state index contributed by atoms with van der Waals surface area (Å²) in [7, 11) is 0. The molecule has 108 valence electrons. The molecule has 0 amide bonds. The van der Waals surface area contributed by atoms with Gasteiger partial charge in [-0.15, -0.1) is 0 Å². The molecule has 2 rings (SSSR count). The van der Waals surface area contributed by atoms with Crippen LogP contribution in [0.5, 0.6) is 0 Å². The Hall–Kier alpha value is -1.42. The minimum Gasteiger partial charge on any atom is -0.384 e. The molecule has 0 atom stereocenters. The zero-order chi connectivity index (χ0) is 14.4. The second-order valence-electron chi connectivity index (χ2n) is 4.88. The largest absolute Gasteiger partial charge is 0.384 e. The highest BCUT2D eigenvalue weighted by atomic mass is 32.2. The second kappa shape index (κ2) is 7.39. The number of aryl methyl sites for hydroxylation is 1. The van der Waals surface area contributed by atoms with Crippen LogP contribution >= 0.6 is 11.8 Å². The molecule has 1 heterocycles. The third-order valence-corrected chi connectivity index (χ3v) is 4.02. The Kier molecular flexibility index (Phi) is 5.53. The van der Waals surface area contributed by atoms with Crippen molar-refractivity contribution in [3.63, 3.8) is 0 Å². The molecule has 2 aromatic rings. The Morgan fingerprint density at radius 3 is 2.65 bits per heavy atom. The smallest absolute Gasteiger partial charge is 0.141 e. The van der Waals surface area contributed by atoms with Crippen molar-refractivity contribution in [2.75, 3.05) is 17.7 Å². The molecule has 1 aromatic heterocycles.